The normalized spacial score (nSPS) is 17.8. The summed E-state index contributed by atoms with van der Waals surface area (Å²) in [6.45, 7) is 12.6. The van der Waals surface area contributed by atoms with Gasteiger partial charge in [0, 0.05) is 39.3 Å². The van der Waals surface area contributed by atoms with Crippen LogP contribution in [0.15, 0.2) is 0 Å². The van der Waals surface area contributed by atoms with E-state index in [-0.39, 0.29) is 5.91 Å². The number of rotatable bonds is 5. The van der Waals surface area contributed by atoms with Gasteiger partial charge in [0.1, 0.15) is 0 Å². The lowest BCUT2D eigenvalue weighted by Gasteiger charge is -2.30. The van der Waals surface area contributed by atoms with Crippen molar-refractivity contribution in [2.75, 3.05) is 45.8 Å². The van der Waals surface area contributed by atoms with Gasteiger partial charge in [0.25, 0.3) is 0 Å². The molecule has 0 spiro atoms. The zero-order valence-electron chi connectivity index (χ0n) is 10.8. The van der Waals surface area contributed by atoms with E-state index in [4.69, 9.17) is 0 Å². The second-order valence-corrected chi connectivity index (χ2v) is 4.85. The number of hydrogen-bond acceptors (Lipinski definition) is 3. The van der Waals surface area contributed by atoms with E-state index in [1.54, 1.807) is 0 Å². The van der Waals surface area contributed by atoms with E-state index in [0.717, 1.165) is 39.3 Å². The summed E-state index contributed by atoms with van der Waals surface area (Å²) in [6, 6.07) is 0. The maximum atomic E-state index is 12.0. The minimum absolute atomic E-state index is 0.276. The van der Waals surface area contributed by atoms with Crippen LogP contribution in [0.2, 0.25) is 0 Å². The smallest absolute Gasteiger partial charge is 0.236 e. The second-order valence-electron chi connectivity index (χ2n) is 4.85. The van der Waals surface area contributed by atoms with E-state index in [1.807, 2.05) is 4.90 Å². The van der Waals surface area contributed by atoms with Crippen molar-refractivity contribution in [2.45, 2.75) is 20.8 Å². The molecule has 1 aliphatic heterocycles. The van der Waals surface area contributed by atoms with Crippen LogP contribution in [0.5, 0.6) is 0 Å². The summed E-state index contributed by atoms with van der Waals surface area (Å²) in [7, 11) is 0. The number of amides is 1. The fraction of sp³-hybridized carbons (Fsp3) is 0.917. The monoisotopic (exact) mass is 227 g/mol. The van der Waals surface area contributed by atoms with Crippen molar-refractivity contribution in [3.63, 3.8) is 0 Å². The van der Waals surface area contributed by atoms with E-state index in [1.165, 1.54) is 0 Å². The maximum absolute atomic E-state index is 12.0. The molecule has 4 heteroatoms. The molecule has 94 valence electrons. The Hall–Kier alpha value is -0.610. The van der Waals surface area contributed by atoms with Gasteiger partial charge in [-0.15, -0.1) is 0 Å². The zero-order valence-corrected chi connectivity index (χ0v) is 10.8. The predicted molar refractivity (Wildman–Crippen MR) is 66.4 cm³/mol. The number of nitrogens with zero attached hydrogens (tertiary/aromatic N) is 2. The molecule has 1 rings (SSSR count). The molecule has 0 aromatic heterocycles. The molecular formula is C12H25N3O. The van der Waals surface area contributed by atoms with Crippen LogP contribution in [0.1, 0.15) is 20.8 Å². The number of carbonyl (C=O) groups excluding carboxylic acids is 1. The third kappa shape index (κ3) is 4.49. The molecule has 0 unspecified atom stereocenters. The average Bonchev–Trinajstić information content (AvgIpc) is 2.26. The van der Waals surface area contributed by atoms with Gasteiger partial charge in [-0.3, -0.25) is 9.69 Å². The van der Waals surface area contributed by atoms with E-state index < -0.39 is 0 Å². The minimum Gasteiger partial charge on any atom is -0.342 e. The highest BCUT2D eigenvalue weighted by molar-refractivity contribution is 5.78. The number of nitrogens with one attached hydrogen (secondary N) is 1. The summed E-state index contributed by atoms with van der Waals surface area (Å²) < 4.78 is 0. The van der Waals surface area contributed by atoms with Gasteiger partial charge in [0.2, 0.25) is 5.91 Å². The number of hydrogen-bond donors (Lipinski definition) is 1. The van der Waals surface area contributed by atoms with Crippen LogP contribution in [0.4, 0.5) is 0 Å². The van der Waals surface area contributed by atoms with E-state index in [9.17, 15) is 4.79 Å². The molecule has 1 aliphatic rings. The third-order valence-corrected chi connectivity index (χ3v) is 2.89. The lowest BCUT2D eigenvalue weighted by atomic mass is 10.2. The Morgan fingerprint density at radius 2 is 2.00 bits per heavy atom. The first kappa shape index (κ1) is 13.5. The molecule has 0 atom stereocenters. The molecule has 0 radical (unpaired) electrons. The molecule has 0 saturated carbocycles. The van der Waals surface area contributed by atoms with Gasteiger partial charge in [0.15, 0.2) is 0 Å². The van der Waals surface area contributed by atoms with Crippen molar-refractivity contribution in [3.8, 4) is 0 Å². The average molecular weight is 227 g/mol. The van der Waals surface area contributed by atoms with Crippen molar-refractivity contribution in [3.05, 3.63) is 0 Å². The fourth-order valence-electron chi connectivity index (χ4n) is 2.01. The molecule has 1 fully saturated rings. The van der Waals surface area contributed by atoms with Crippen LogP contribution in [-0.2, 0) is 4.79 Å². The van der Waals surface area contributed by atoms with Gasteiger partial charge < -0.3 is 10.2 Å². The van der Waals surface area contributed by atoms with Crippen LogP contribution >= 0.6 is 0 Å². The summed E-state index contributed by atoms with van der Waals surface area (Å²) in [5.41, 5.74) is 0. The Morgan fingerprint density at radius 3 is 2.50 bits per heavy atom. The van der Waals surface area contributed by atoms with Crippen LogP contribution < -0.4 is 5.32 Å². The summed E-state index contributed by atoms with van der Waals surface area (Å²) in [6.07, 6.45) is 0. The standard InChI is InChI=1S/C12H25N3O/c1-4-15(9-11(2)3)12(16)10-14-7-5-13-6-8-14/h11,13H,4-10H2,1-3H3. The lowest BCUT2D eigenvalue weighted by Crippen LogP contribution is -2.48. The SMILES string of the molecule is CCN(CC(C)C)C(=O)CN1CCNCC1. The Balaban J connectivity index is 2.35. The number of piperazine rings is 1. The molecule has 1 saturated heterocycles. The Morgan fingerprint density at radius 1 is 1.38 bits per heavy atom. The zero-order chi connectivity index (χ0) is 12.0. The van der Waals surface area contributed by atoms with Crippen LogP contribution in [0.3, 0.4) is 0 Å². The van der Waals surface area contributed by atoms with Gasteiger partial charge in [-0.05, 0) is 12.8 Å². The Kier molecular flexibility index (Phi) is 5.77. The highest BCUT2D eigenvalue weighted by Gasteiger charge is 2.18. The van der Waals surface area contributed by atoms with Crippen LogP contribution in [-0.4, -0.2) is 61.5 Å². The molecule has 1 N–H and O–H groups in total. The molecule has 4 nitrogen and oxygen atoms in total. The largest absolute Gasteiger partial charge is 0.342 e. The quantitative estimate of drug-likeness (QED) is 0.738. The minimum atomic E-state index is 0.276. The highest BCUT2D eigenvalue weighted by Crippen LogP contribution is 2.01. The van der Waals surface area contributed by atoms with Crippen LogP contribution in [0, 0.1) is 5.92 Å². The summed E-state index contributed by atoms with van der Waals surface area (Å²) in [4.78, 5) is 16.2. The van der Waals surface area contributed by atoms with Crippen molar-refractivity contribution in [1.82, 2.24) is 15.1 Å². The van der Waals surface area contributed by atoms with Gasteiger partial charge >= 0.3 is 0 Å². The first-order valence-corrected chi connectivity index (χ1v) is 6.34. The molecule has 0 bridgehead atoms. The molecule has 0 aliphatic carbocycles. The lowest BCUT2D eigenvalue weighted by molar-refractivity contribution is -0.132. The predicted octanol–water partition coefficient (Wildman–Crippen LogP) is 0.396. The van der Waals surface area contributed by atoms with Crippen molar-refractivity contribution < 1.29 is 4.79 Å². The van der Waals surface area contributed by atoms with E-state index in [0.29, 0.717) is 12.5 Å². The van der Waals surface area contributed by atoms with Crippen molar-refractivity contribution in [2.24, 2.45) is 5.92 Å². The summed E-state index contributed by atoms with van der Waals surface area (Å²) in [5, 5.41) is 3.30. The van der Waals surface area contributed by atoms with Gasteiger partial charge in [-0.2, -0.15) is 0 Å². The second kappa shape index (κ2) is 6.86. The molecule has 1 amide bonds. The van der Waals surface area contributed by atoms with Crippen molar-refractivity contribution in [1.29, 1.82) is 0 Å². The Bertz CT molecular complexity index is 212. The van der Waals surface area contributed by atoms with Gasteiger partial charge in [0.05, 0.1) is 6.54 Å². The first-order valence-electron chi connectivity index (χ1n) is 6.34. The molecule has 16 heavy (non-hydrogen) atoms. The highest BCUT2D eigenvalue weighted by atomic mass is 16.2. The van der Waals surface area contributed by atoms with E-state index in [2.05, 4.69) is 31.0 Å². The molecular weight excluding hydrogens is 202 g/mol. The Labute approximate surface area is 99.0 Å². The maximum Gasteiger partial charge on any atom is 0.236 e. The van der Waals surface area contributed by atoms with Crippen molar-refractivity contribution >= 4 is 5.91 Å². The van der Waals surface area contributed by atoms with E-state index >= 15 is 0 Å². The first-order chi connectivity index (χ1) is 7.63. The van der Waals surface area contributed by atoms with Crippen LogP contribution in [0.25, 0.3) is 0 Å². The third-order valence-electron chi connectivity index (χ3n) is 2.89. The summed E-state index contributed by atoms with van der Waals surface area (Å²) >= 11 is 0. The number of likely N-dealkylation sites (N-methyl/N-ethyl adjacent to an activating group) is 1. The number of carbonyl (C=O) groups is 1. The topological polar surface area (TPSA) is 35.6 Å². The van der Waals surface area contributed by atoms with Gasteiger partial charge in [-0.1, -0.05) is 13.8 Å². The fourth-order valence-corrected chi connectivity index (χ4v) is 2.01. The van der Waals surface area contributed by atoms with Gasteiger partial charge in [-0.25, -0.2) is 0 Å². The molecule has 0 aromatic carbocycles. The summed E-state index contributed by atoms with van der Waals surface area (Å²) in [5.74, 6) is 0.824. The molecule has 0 aromatic rings. The molecule has 1 heterocycles.